The lowest BCUT2D eigenvalue weighted by Crippen LogP contribution is -2.43. The standard InChI is InChI=1S/C25H29ISi/c1-19(2)27(20(3)4,21(5)6)18-17-23-12-8-7-11-22(23)15-16-24-13-9-10-14-25(24)26/h7-14,19-21H,1-6H3. The van der Waals surface area contributed by atoms with Gasteiger partial charge in [0.15, 0.2) is 0 Å². The van der Waals surface area contributed by atoms with Crippen LogP contribution in [0.1, 0.15) is 58.2 Å². The fraction of sp³-hybridized carbons (Fsp3) is 0.360. The van der Waals surface area contributed by atoms with Crippen LogP contribution in [0.2, 0.25) is 16.6 Å². The highest BCUT2D eigenvalue weighted by molar-refractivity contribution is 14.1. The second-order valence-corrected chi connectivity index (χ2v) is 14.7. The van der Waals surface area contributed by atoms with Gasteiger partial charge in [-0.1, -0.05) is 83.6 Å². The lowest BCUT2D eigenvalue weighted by atomic mass is 10.1. The van der Waals surface area contributed by atoms with E-state index in [1.807, 2.05) is 18.2 Å². The molecular weight excluding hydrogens is 455 g/mol. The highest BCUT2D eigenvalue weighted by atomic mass is 127. The molecule has 0 radical (unpaired) electrons. The molecule has 2 heteroatoms. The van der Waals surface area contributed by atoms with Crippen LogP contribution in [0.3, 0.4) is 0 Å². The van der Waals surface area contributed by atoms with Gasteiger partial charge in [-0.05, 0) is 63.5 Å². The second kappa shape index (κ2) is 9.63. The minimum atomic E-state index is -1.74. The van der Waals surface area contributed by atoms with Crippen LogP contribution < -0.4 is 0 Å². The molecule has 2 aromatic carbocycles. The third-order valence-electron chi connectivity index (χ3n) is 5.41. The molecule has 0 heterocycles. The van der Waals surface area contributed by atoms with E-state index in [9.17, 15) is 0 Å². The fourth-order valence-electron chi connectivity index (χ4n) is 4.01. The van der Waals surface area contributed by atoms with Gasteiger partial charge in [-0.15, -0.1) is 5.54 Å². The molecule has 0 amide bonds. The van der Waals surface area contributed by atoms with Gasteiger partial charge in [-0.25, -0.2) is 0 Å². The Morgan fingerprint density at radius 2 is 1.04 bits per heavy atom. The van der Waals surface area contributed by atoms with E-state index < -0.39 is 8.07 Å². The molecule has 0 unspecified atom stereocenters. The van der Waals surface area contributed by atoms with Gasteiger partial charge in [0.1, 0.15) is 8.07 Å². The van der Waals surface area contributed by atoms with Gasteiger partial charge in [0.05, 0.1) is 0 Å². The van der Waals surface area contributed by atoms with Crippen LogP contribution in [0.4, 0.5) is 0 Å². The molecule has 0 nitrogen and oxygen atoms in total. The van der Waals surface area contributed by atoms with Gasteiger partial charge in [0.25, 0.3) is 0 Å². The van der Waals surface area contributed by atoms with Crippen molar-refractivity contribution in [2.24, 2.45) is 0 Å². The first-order valence-electron chi connectivity index (χ1n) is 9.67. The van der Waals surface area contributed by atoms with Crippen molar-refractivity contribution in [3.8, 4) is 23.3 Å². The lowest BCUT2D eigenvalue weighted by Gasteiger charge is -2.38. The summed E-state index contributed by atoms with van der Waals surface area (Å²) < 4.78 is 1.18. The number of rotatable bonds is 3. The average Bonchev–Trinajstić information content (AvgIpc) is 2.61. The first-order chi connectivity index (χ1) is 12.8. The normalized spacial score (nSPS) is 11.2. The van der Waals surface area contributed by atoms with Crippen molar-refractivity contribution in [2.45, 2.75) is 58.2 Å². The van der Waals surface area contributed by atoms with Gasteiger partial charge in [-0.2, -0.15) is 0 Å². The van der Waals surface area contributed by atoms with Gasteiger partial charge >= 0.3 is 0 Å². The summed E-state index contributed by atoms with van der Waals surface area (Å²) in [6, 6.07) is 16.5. The van der Waals surface area contributed by atoms with E-state index in [1.54, 1.807) is 0 Å². The van der Waals surface area contributed by atoms with Crippen LogP contribution in [0.25, 0.3) is 0 Å². The number of halogens is 1. The summed E-state index contributed by atoms with van der Waals surface area (Å²) in [4.78, 5) is 0. The summed E-state index contributed by atoms with van der Waals surface area (Å²) in [5, 5.41) is 0. The zero-order chi connectivity index (χ0) is 20.0. The molecule has 2 aromatic rings. The second-order valence-electron chi connectivity index (χ2n) is 7.92. The molecule has 0 bridgehead atoms. The van der Waals surface area contributed by atoms with Crippen LogP contribution in [0.5, 0.6) is 0 Å². The molecule has 27 heavy (non-hydrogen) atoms. The van der Waals surface area contributed by atoms with Crippen molar-refractivity contribution >= 4 is 30.7 Å². The molecule has 0 N–H and O–H groups in total. The quantitative estimate of drug-likeness (QED) is 0.244. The monoisotopic (exact) mass is 484 g/mol. The van der Waals surface area contributed by atoms with E-state index >= 15 is 0 Å². The summed E-state index contributed by atoms with van der Waals surface area (Å²) in [5.74, 6) is 10.2. The van der Waals surface area contributed by atoms with Gasteiger partial charge < -0.3 is 0 Å². The Bertz CT molecular complexity index is 879. The molecule has 0 atom stereocenters. The van der Waals surface area contributed by atoms with Crippen molar-refractivity contribution < 1.29 is 0 Å². The van der Waals surface area contributed by atoms with Crippen molar-refractivity contribution in [1.29, 1.82) is 0 Å². The third kappa shape index (κ3) is 5.07. The minimum absolute atomic E-state index is 0.633. The first-order valence-corrected chi connectivity index (χ1v) is 13.0. The Morgan fingerprint density at radius 3 is 1.52 bits per heavy atom. The molecule has 2 rings (SSSR count). The first kappa shape index (κ1) is 21.8. The average molecular weight is 484 g/mol. The Morgan fingerprint density at radius 1 is 0.630 bits per heavy atom. The van der Waals surface area contributed by atoms with E-state index in [0.717, 1.165) is 16.7 Å². The van der Waals surface area contributed by atoms with Crippen molar-refractivity contribution in [3.05, 3.63) is 68.8 Å². The maximum absolute atomic E-state index is 3.82. The predicted octanol–water partition coefficient (Wildman–Crippen LogP) is 7.26. The third-order valence-corrected chi connectivity index (χ3v) is 12.6. The molecule has 0 aliphatic heterocycles. The van der Waals surface area contributed by atoms with Gasteiger partial charge in [-0.3, -0.25) is 0 Å². The largest absolute Gasteiger partial charge is 0.146 e. The lowest BCUT2D eigenvalue weighted by molar-refractivity contribution is 0.838. The van der Waals surface area contributed by atoms with E-state index in [4.69, 9.17) is 0 Å². The molecule has 0 saturated heterocycles. The van der Waals surface area contributed by atoms with Gasteiger partial charge in [0.2, 0.25) is 0 Å². The van der Waals surface area contributed by atoms with Crippen LogP contribution in [-0.4, -0.2) is 8.07 Å². The fourth-order valence-corrected chi connectivity index (χ4v) is 9.75. The van der Waals surface area contributed by atoms with Crippen LogP contribution in [0, 0.1) is 26.9 Å². The predicted molar refractivity (Wildman–Crippen MR) is 130 cm³/mol. The number of benzene rings is 2. The SMILES string of the molecule is CC(C)[Si](C#Cc1ccccc1C#Cc1ccccc1I)(C(C)C)C(C)C. The van der Waals surface area contributed by atoms with E-state index in [0.29, 0.717) is 16.6 Å². The molecular formula is C25H29ISi. The van der Waals surface area contributed by atoms with Crippen molar-refractivity contribution in [1.82, 2.24) is 0 Å². The van der Waals surface area contributed by atoms with E-state index in [1.165, 1.54) is 3.57 Å². The molecule has 0 fully saturated rings. The number of hydrogen-bond donors (Lipinski definition) is 0. The summed E-state index contributed by atoms with van der Waals surface area (Å²) in [6.45, 7) is 14.1. The molecule has 0 aromatic heterocycles. The minimum Gasteiger partial charge on any atom is -0.125 e. The van der Waals surface area contributed by atoms with Crippen LogP contribution in [-0.2, 0) is 0 Å². The molecule has 0 saturated carbocycles. The van der Waals surface area contributed by atoms with Crippen molar-refractivity contribution in [2.75, 3.05) is 0 Å². The zero-order valence-corrected chi connectivity index (χ0v) is 20.4. The summed E-state index contributed by atoms with van der Waals surface area (Å²) in [7, 11) is -1.74. The summed E-state index contributed by atoms with van der Waals surface area (Å²) in [5.41, 5.74) is 8.85. The van der Waals surface area contributed by atoms with E-state index in [2.05, 4.69) is 118 Å². The molecule has 0 spiro atoms. The maximum atomic E-state index is 3.82. The maximum Gasteiger partial charge on any atom is 0.146 e. The molecule has 140 valence electrons. The molecule has 0 aliphatic carbocycles. The highest BCUT2D eigenvalue weighted by Gasteiger charge is 2.41. The summed E-state index contributed by atoms with van der Waals surface area (Å²) >= 11 is 2.34. The van der Waals surface area contributed by atoms with Crippen LogP contribution >= 0.6 is 22.6 Å². The highest BCUT2D eigenvalue weighted by Crippen LogP contribution is 2.40. The smallest absolute Gasteiger partial charge is 0.125 e. The Hall–Kier alpha value is -1.49. The van der Waals surface area contributed by atoms with Crippen LogP contribution in [0.15, 0.2) is 48.5 Å². The zero-order valence-electron chi connectivity index (χ0n) is 17.2. The van der Waals surface area contributed by atoms with Crippen molar-refractivity contribution in [3.63, 3.8) is 0 Å². The molecule has 0 aliphatic rings. The summed E-state index contributed by atoms with van der Waals surface area (Å²) in [6.07, 6.45) is 0. The topological polar surface area (TPSA) is 0 Å². The Kier molecular flexibility index (Phi) is 7.77. The Labute approximate surface area is 180 Å². The van der Waals surface area contributed by atoms with E-state index in [-0.39, 0.29) is 0 Å². The Balaban J connectivity index is 2.49. The van der Waals surface area contributed by atoms with Gasteiger partial charge in [0, 0.05) is 20.3 Å². The number of hydrogen-bond acceptors (Lipinski definition) is 0.